The fourth-order valence-corrected chi connectivity index (χ4v) is 4.83. The number of rotatable bonds is 6. The summed E-state index contributed by atoms with van der Waals surface area (Å²) in [4.78, 5) is 2.49. The monoisotopic (exact) mass is 440 g/mol. The Bertz CT molecular complexity index is 1190. The first-order valence-corrected chi connectivity index (χ1v) is 11.8. The van der Waals surface area contributed by atoms with Gasteiger partial charge >= 0.3 is 0 Å². The number of fused-ring (bicyclic) bond motifs is 1. The lowest BCUT2D eigenvalue weighted by atomic mass is 9.86. The number of piperidine rings is 1. The van der Waals surface area contributed by atoms with Gasteiger partial charge in [0.25, 0.3) is 0 Å². The Labute approximate surface area is 195 Å². The second-order valence-electron chi connectivity index (χ2n) is 8.84. The zero-order valence-electron chi connectivity index (χ0n) is 18.8. The van der Waals surface area contributed by atoms with E-state index in [1.54, 1.807) is 24.3 Å². The van der Waals surface area contributed by atoms with Crippen LogP contribution >= 0.6 is 0 Å². The number of likely N-dealkylation sites (tertiary alicyclic amines) is 1. The number of nitrogens with zero attached hydrogens (tertiary/aromatic N) is 1. The average Bonchev–Trinajstić information content (AvgIpc) is 2.85. The van der Waals surface area contributed by atoms with Crippen molar-refractivity contribution in [3.05, 3.63) is 84.5 Å². The molecule has 1 heterocycles. The molecule has 4 heteroatoms. The lowest BCUT2D eigenvalue weighted by Gasteiger charge is -2.26. The molecule has 2 aliphatic rings. The number of aromatic hydroxyl groups is 2. The summed E-state index contributed by atoms with van der Waals surface area (Å²) in [6.07, 6.45) is 11.2. The number of benzene rings is 3. The van der Waals surface area contributed by atoms with E-state index in [-0.39, 0.29) is 11.5 Å². The van der Waals surface area contributed by atoms with Gasteiger partial charge in [-0.15, -0.1) is 0 Å². The summed E-state index contributed by atoms with van der Waals surface area (Å²) in [6.45, 7) is 4.02. The summed E-state index contributed by atoms with van der Waals surface area (Å²) in [7, 11) is 0. The fourth-order valence-electron chi connectivity index (χ4n) is 4.83. The van der Waals surface area contributed by atoms with E-state index in [9.17, 15) is 10.2 Å². The van der Waals surface area contributed by atoms with Crippen LogP contribution in [0.2, 0.25) is 0 Å². The maximum atomic E-state index is 10.0. The van der Waals surface area contributed by atoms with Crippen LogP contribution < -0.4 is 0 Å². The van der Waals surface area contributed by atoms with Crippen molar-refractivity contribution < 1.29 is 14.9 Å². The number of hydrogen-bond donors (Lipinski definition) is 2. The molecule has 3 aromatic carbocycles. The smallest absolute Gasteiger partial charge is 0.116 e. The zero-order chi connectivity index (χ0) is 22.6. The number of ether oxygens (including phenoxy) is 1. The lowest BCUT2D eigenvalue weighted by molar-refractivity contribution is 0.148. The van der Waals surface area contributed by atoms with Crippen LogP contribution in [-0.4, -0.2) is 41.4 Å². The second-order valence-corrected chi connectivity index (χ2v) is 8.84. The Kier molecular flexibility index (Phi) is 6.36. The van der Waals surface area contributed by atoms with E-state index in [0.717, 1.165) is 51.8 Å². The second kappa shape index (κ2) is 9.72. The molecule has 1 aliphatic heterocycles. The molecule has 0 spiro atoms. The topological polar surface area (TPSA) is 52.9 Å². The van der Waals surface area contributed by atoms with Gasteiger partial charge in [-0.25, -0.2) is 0 Å². The lowest BCUT2D eigenvalue weighted by Crippen LogP contribution is -2.32. The van der Waals surface area contributed by atoms with E-state index in [1.807, 2.05) is 24.3 Å². The molecule has 0 aromatic heterocycles. The summed E-state index contributed by atoms with van der Waals surface area (Å²) in [5.41, 5.74) is 4.35. The van der Waals surface area contributed by atoms with Crippen LogP contribution in [0.15, 0.2) is 72.5 Å². The van der Waals surface area contributed by atoms with Crippen molar-refractivity contribution in [1.82, 2.24) is 4.90 Å². The summed E-state index contributed by atoms with van der Waals surface area (Å²) in [5.74, 6) is 1.42. The maximum Gasteiger partial charge on any atom is 0.116 e. The molecule has 1 aliphatic carbocycles. The quantitative estimate of drug-likeness (QED) is 0.473. The summed E-state index contributed by atoms with van der Waals surface area (Å²) >= 11 is 0. The van der Waals surface area contributed by atoms with Gasteiger partial charge in [-0.1, -0.05) is 36.8 Å². The molecular formula is C29H30NO3. The average molecular weight is 441 g/mol. The minimum Gasteiger partial charge on any atom is -0.508 e. The van der Waals surface area contributed by atoms with Crippen LogP contribution in [0.4, 0.5) is 0 Å². The first-order chi connectivity index (χ1) is 16.2. The van der Waals surface area contributed by atoms with Gasteiger partial charge in [-0.3, -0.25) is 4.90 Å². The molecule has 5 rings (SSSR count). The fraction of sp³-hybridized carbons (Fsp3) is 0.276. The Balaban J connectivity index is 1.47. The van der Waals surface area contributed by atoms with Gasteiger partial charge < -0.3 is 14.9 Å². The third kappa shape index (κ3) is 4.91. The maximum absolute atomic E-state index is 10.0. The van der Waals surface area contributed by atoms with Gasteiger partial charge in [0.2, 0.25) is 0 Å². The summed E-state index contributed by atoms with van der Waals surface area (Å²) in [6, 6.07) is 17.0. The molecule has 3 aromatic rings. The highest BCUT2D eigenvalue weighted by Gasteiger charge is 2.18. The van der Waals surface area contributed by atoms with Gasteiger partial charge in [0, 0.05) is 6.54 Å². The number of phenols is 2. The zero-order valence-corrected chi connectivity index (χ0v) is 18.8. The first-order valence-electron chi connectivity index (χ1n) is 11.8. The molecule has 33 heavy (non-hydrogen) atoms. The summed E-state index contributed by atoms with van der Waals surface area (Å²) < 4.78 is 6.18. The van der Waals surface area contributed by atoms with Crippen LogP contribution in [0.25, 0.3) is 27.5 Å². The first kappa shape index (κ1) is 21.6. The molecule has 1 radical (unpaired) electrons. The normalized spacial score (nSPS) is 17.0. The van der Waals surface area contributed by atoms with Crippen molar-refractivity contribution in [3.8, 4) is 22.6 Å². The van der Waals surface area contributed by atoms with Crippen molar-refractivity contribution in [3.63, 3.8) is 0 Å². The molecule has 169 valence electrons. The number of allylic oxidation sites excluding steroid dienone is 3. The molecule has 1 fully saturated rings. The molecule has 0 amide bonds. The highest BCUT2D eigenvalue weighted by molar-refractivity contribution is 6.03. The van der Waals surface area contributed by atoms with E-state index in [2.05, 4.69) is 29.5 Å². The van der Waals surface area contributed by atoms with Crippen molar-refractivity contribution in [2.24, 2.45) is 0 Å². The van der Waals surface area contributed by atoms with Gasteiger partial charge in [0.1, 0.15) is 23.9 Å². The van der Waals surface area contributed by atoms with Gasteiger partial charge in [0.15, 0.2) is 0 Å². The minimum absolute atomic E-state index is 0.252. The van der Waals surface area contributed by atoms with Crippen molar-refractivity contribution in [1.29, 1.82) is 0 Å². The third-order valence-corrected chi connectivity index (χ3v) is 6.55. The van der Waals surface area contributed by atoms with Crippen LogP contribution in [0, 0.1) is 6.42 Å². The van der Waals surface area contributed by atoms with E-state index < -0.39 is 0 Å². The van der Waals surface area contributed by atoms with E-state index in [4.69, 9.17) is 4.74 Å². The van der Waals surface area contributed by atoms with Gasteiger partial charge in [-0.05, 0) is 108 Å². The van der Waals surface area contributed by atoms with Crippen LogP contribution in [0.3, 0.4) is 0 Å². The highest BCUT2D eigenvalue weighted by atomic mass is 16.5. The largest absolute Gasteiger partial charge is 0.508 e. The van der Waals surface area contributed by atoms with Crippen LogP contribution in [0.1, 0.15) is 31.2 Å². The minimum atomic E-state index is 0.252. The molecule has 0 bridgehead atoms. The molecule has 0 atom stereocenters. The molecular weight excluding hydrogens is 410 g/mol. The summed E-state index contributed by atoms with van der Waals surface area (Å²) in [5, 5.41) is 21.8. The molecule has 1 saturated heterocycles. The Hall–Kier alpha value is -3.24. The van der Waals surface area contributed by atoms with Crippen molar-refractivity contribution >= 4 is 16.3 Å². The Morgan fingerprint density at radius 3 is 2.45 bits per heavy atom. The Morgan fingerprint density at radius 1 is 0.848 bits per heavy atom. The van der Waals surface area contributed by atoms with Gasteiger partial charge in [-0.2, -0.15) is 0 Å². The third-order valence-electron chi connectivity index (χ3n) is 6.55. The predicted octanol–water partition coefficient (Wildman–Crippen LogP) is 6.30. The SMILES string of the molecule is Oc1ccc(-c2ccc3cc(O)ccc3c2C2=CC(OCCN3CCCCC3)=CC[CH]2)cc1. The molecule has 0 unspecified atom stereocenters. The van der Waals surface area contributed by atoms with E-state index in [1.165, 1.54) is 32.4 Å². The molecule has 0 saturated carbocycles. The molecule has 4 nitrogen and oxygen atoms in total. The van der Waals surface area contributed by atoms with E-state index >= 15 is 0 Å². The standard InChI is InChI=1S/C29H30NO3/c31-24-10-7-21(8-11-24)27-13-9-22-19-25(32)12-14-28(22)29(27)23-5-4-6-26(20-23)33-18-17-30-15-2-1-3-16-30/h5-14,19-20,31-32H,1-4,15-18H2. The number of phenolic OH excluding ortho intramolecular Hbond substituents is 2. The van der Waals surface area contributed by atoms with Crippen molar-refractivity contribution in [2.75, 3.05) is 26.2 Å². The highest BCUT2D eigenvalue weighted by Crippen LogP contribution is 2.39. The van der Waals surface area contributed by atoms with Crippen LogP contribution in [-0.2, 0) is 4.74 Å². The number of hydrogen-bond acceptors (Lipinski definition) is 4. The van der Waals surface area contributed by atoms with Crippen LogP contribution in [0.5, 0.6) is 11.5 Å². The van der Waals surface area contributed by atoms with Crippen molar-refractivity contribution in [2.45, 2.75) is 25.7 Å². The van der Waals surface area contributed by atoms with E-state index in [0.29, 0.717) is 6.61 Å². The van der Waals surface area contributed by atoms with Gasteiger partial charge in [0.05, 0.1) is 0 Å². The molecule has 2 N–H and O–H groups in total. The predicted molar refractivity (Wildman–Crippen MR) is 134 cm³/mol. The Morgan fingerprint density at radius 2 is 1.64 bits per heavy atom.